The molecule has 1 N–H and O–H groups in total. The largest absolute Gasteiger partial charge is 0.358 e. The molecule has 0 saturated carbocycles. The molecule has 88 valence electrons. The lowest BCUT2D eigenvalue weighted by atomic mass is 10.3. The molecule has 0 atom stereocenters. The molecule has 0 bridgehead atoms. The minimum Gasteiger partial charge on any atom is -0.358 e. The second-order valence-corrected chi connectivity index (χ2v) is 5.49. The Hall–Kier alpha value is -1.40. The molecule has 0 aliphatic heterocycles. The summed E-state index contributed by atoms with van der Waals surface area (Å²) in [7, 11) is 1.64. The van der Waals surface area contributed by atoms with Crippen molar-refractivity contribution >= 4 is 29.0 Å². The van der Waals surface area contributed by atoms with Crippen molar-refractivity contribution in [3.63, 3.8) is 0 Å². The van der Waals surface area contributed by atoms with E-state index in [-0.39, 0.29) is 5.91 Å². The summed E-state index contributed by atoms with van der Waals surface area (Å²) in [5.41, 5.74) is 1.05. The van der Waals surface area contributed by atoms with Crippen molar-refractivity contribution in [2.75, 3.05) is 12.8 Å². The monoisotopic (exact) mass is 265 g/mol. The van der Waals surface area contributed by atoms with Gasteiger partial charge in [0.05, 0.1) is 16.2 Å². The van der Waals surface area contributed by atoms with E-state index in [1.54, 1.807) is 37.0 Å². The molecule has 2 heterocycles. The summed E-state index contributed by atoms with van der Waals surface area (Å²) in [6.45, 7) is 0. The number of thioether (sulfide) groups is 1. The molecular weight excluding hydrogens is 254 g/mol. The Morgan fingerprint density at radius 1 is 1.47 bits per heavy atom. The zero-order chi connectivity index (χ0) is 12.1. The van der Waals surface area contributed by atoms with E-state index in [4.69, 9.17) is 0 Å². The highest BCUT2D eigenvalue weighted by molar-refractivity contribution is 8.01. The van der Waals surface area contributed by atoms with Gasteiger partial charge < -0.3 is 5.32 Å². The maximum absolute atomic E-state index is 11.1. The van der Waals surface area contributed by atoms with Gasteiger partial charge >= 0.3 is 0 Å². The van der Waals surface area contributed by atoms with E-state index in [0.717, 1.165) is 14.8 Å². The van der Waals surface area contributed by atoms with E-state index < -0.39 is 0 Å². The number of nitrogens with zero attached hydrogens (tertiary/aromatic N) is 2. The first-order chi connectivity index (χ1) is 8.29. The third-order valence-corrected chi connectivity index (χ3v) is 4.28. The van der Waals surface area contributed by atoms with Gasteiger partial charge in [-0.3, -0.25) is 9.78 Å². The zero-order valence-corrected chi connectivity index (χ0v) is 10.8. The number of carbonyl (C=O) groups excluding carboxylic acids is 1. The molecular formula is C11H11N3OS2. The van der Waals surface area contributed by atoms with Crippen LogP contribution < -0.4 is 5.32 Å². The van der Waals surface area contributed by atoms with E-state index in [2.05, 4.69) is 15.3 Å². The summed E-state index contributed by atoms with van der Waals surface area (Å²) in [6.07, 6.45) is 5.29. The Balaban J connectivity index is 2.04. The van der Waals surface area contributed by atoms with Crippen molar-refractivity contribution in [1.29, 1.82) is 0 Å². The standard InChI is InChI=1S/C11H11N3OS2/c1-12-9(15)7-16-10-6-14-11(17-10)8-2-4-13-5-3-8/h2-6H,7H2,1H3,(H,12,15). The lowest BCUT2D eigenvalue weighted by molar-refractivity contribution is -0.118. The number of thiazole rings is 1. The van der Waals surface area contributed by atoms with Gasteiger partial charge in [0, 0.05) is 25.0 Å². The van der Waals surface area contributed by atoms with Crippen molar-refractivity contribution < 1.29 is 4.79 Å². The fraction of sp³-hybridized carbons (Fsp3) is 0.182. The van der Waals surface area contributed by atoms with Crippen LogP contribution in [0.3, 0.4) is 0 Å². The summed E-state index contributed by atoms with van der Waals surface area (Å²) in [6, 6.07) is 3.85. The van der Waals surface area contributed by atoms with Crippen molar-refractivity contribution in [3.05, 3.63) is 30.7 Å². The molecule has 0 saturated heterocycles. The summed E-state index contributed by atoms with van der Waals surface area (Å²) < 4.78 is 1.04. The van der Waals surface area contributed by atoms with E-state index in [1.165, 1.54) is 11.8 Å². The second kappa shape index (κ2) is 5.79. The van der Waals surface area contributed by atoms with Gasteiger partial charge in [-0.15, -0.1) is 23.1 Å². The van der Waals surface area contributed by atoms with Crippen LogP contribution in [0.5, 0.6) is 0 Å². The molecule has 6 heteroatoms. The first-order valence-corrected chi connectivity index (χ1v) is 6.79. The topological polar surface area (TPSA) is 54.9 Å². The van der Waals surface area contributed by atoms with Crippen LogP contribution >= 0.6 is 23.1 Å². The highest BCUT2D eigenvalue weighted by Crippen LogP contribution is 2.30. The number of amides is 1. The second-order valence-electron chi connectivity index (χ2n) is 3.18. The average molecular weight is 265 g/mol. The van der Waals surface area contributed by atoms with Crippen molar-refractivity contribution in [3.8, 4) is 10.6 Å². The molecule has 4 nitrogen and oxygen atoms in total. The highest BCUT2D eigenvalue weighted by atomic mass is 32.2. The Morgan fingerprint density at radius 3 is 2.94 bits per heavy atom. The molecule has 0 fully saturated rings. The van der Waals surface area contributed by atoms with Gasteiger partial charge in [0.15, 0.2) is 0 Å². The van der Waals surface area contributed by atoms with Crippen LogP contribution in [0.2, 0.25) is 0 Å². The maximum atomic E-state index is 11.1. The third kappa shape index (κ3) is 3.28. The Bertz CT molecular complexity index is 498. The van der Waals surface area contributed by atoms with Crippen LogP contribution in [-0.2, 0) is 4.79 Å². The number of aromatic nitrogens is 2. The van der Waals surface area contributed by atoms with Gasteiger partial charge in [0.25, 0.3) is 0 Å². The number of rotatable bonds is 4. The van der Waals surface area contributed by atoms with Gasteiger partial charge in [-0.05, 0) is 12.1 Å². The molecule has 0 aliphatic rings. The van der Waals surface area contributed by atoms with Crippen LogP contribution in [0.4, 0.5) is 0 Å². The summed E-state index contributed by atoms with van der Waals surface area (Å²) in [5, 5.41) is 3.54. The molecule has 1 amide bonds. The number of hydrogen-bond donors (Lipinski definition) is 1. The zero-order valence-electron chi connectivity index (χ0n) is 9.21. The van der Waals surface area contributed by atoms with Crippen LogP contribution in [0.15, 0.2) is 34.9 Å². The minimum absolute atomic E-state index is 0.0221. The lowest BCUT2D eigenvalue weighted by Gasteiger charge is -1.96. The smallest absolute Gasteiger partial charge is 0.230 e. The van der Waals surface area contributed by atoms with Crippen LogP contribution in [0, 0.1) is 0 Å². The summed E-state index contributed by atoms with van der Waals surface area (Å²) in [5.74, 6) is 0.447. The van der Waals surface area contributed by atoms with Crippen LogP contribution in [-0.4, -0.2) is 28.7 Å². The molecule has 17 heavy (non-hydrogen) atoms. The Kier molecular flexibility index (Phi) is 4.11. The minimum atomic E-state index is 0.0221. The van der Waals surface area contributed by atoms with E-state index in [0.29, 0.717) is 5.75 Å². The maximum Gasteiger partial charge on any atom is 0.230 e. The SMILES string of the molecule is CNC(=O)CSc1cnc(-c2ccncc2)s1. The molecule has 2 aromatic rings. The molecule has 2 rings (SSSR count). The van der Waals surface area contributed by atoms with E-state index in [9.17, 15) is 4.79 Å². The molecule has 2 aromatic heterocycles. The van der Waals surface area contributed by atoms with E-state index in [1.807, 2.05) is 12.1 Å². The summed E-state index contributed by atoms with van der Waals surface area (Å²) in [4.78, 5) is 19.4. The average Bonchev–Trinajstić information content (AvgIpc) is 2.86. The fourth-order valence-electron chi connectivity index (χ4n) is 1.16. The quantitative estimate of drug-likeness (QED) is 0.860. The number of nitrogens with one attached hydrogen (secondary N) is 1. The molecule has 0 radical (unpaired) electrons. The highest BCUT2D eigenvalue weighted by Gasteiger charge is 2.06. The first kappa shape index (κ1) is 12.1. The van der Waals surface area contributed by atoms with Crippen molar-refractivity contribution in [1.82, 2.24) is 15.3 Å². The third-order valence-electron chi connectivity index (χ3n) is 2.04. The lowest BCUT2D eigenvalue weighted by Crippen LogP contribution is -2.19. The van der Waals surface area contributed by atoms with Gasteiger partial charge in [-0.2, -0.15) is 0 Å². The van der Waals surface area contributed by atoms with Crippen molar-refractivity contribution in [2.45, 2.75) is 4.21 Å². The molecule has 0 spiro atoms. The predicted octanol–water partition coefficient (Wildman–Crippen LogP) is 2.04. The summed E-state index contributed by atoms with van der Waals surface area (Å²) >= 11 is 3.08. The van der Waals surface area contributed by atoms with Gasteiger partial charge in [0.1, 0.15) is 5.01 Å². The Labute approximate surface area is 107 Å². The van der Waals surface area contributed by atoms with Crippen LogP contribution in [0.25, 0.3) is 10.6 Å². The van der Waals surface area contributed by atoms with Gasteiger partial charge in [-0.1, -0.05) is 0 Å². The molecule has 0 aromatic carbocycles. The molecule has 0 unspecified atom stereocenters. The fourth-order valence-corrected chi connectivity index (χ4v) is 3.01. The van der Waals surface area contributed by atoms with Gasteiger partial charge in [0.2, 0.25) is 5.91 Å². The predicted molar refractivity (Wildman–Crippen MR) is 70.1 cm³/mol. The van der Waals surface area contributed by atoms with Gasteiger partial charge in [-0.25, -0.2) is 4.98 Å². The number of carbonyl (C=O) groups is 1. The first-order valence-electron chi connectivity index (χ1n) is 4.99. The van der Waals surface area contributed by atoms with Crippen molar-refractivity contribution in [2.24, 2.45) is 0 Å². The Morgan fingerprint density at radius 2 is 2.24 bits per heavy atom. The number of pyridine rings is 1. The normalized spacial score (nSPS) is 10.2. The van der Waals surface area contributed by atoms with E-state index >= 15 is 0 Å². The molecule has 0 aliphatic carbocycles. The number of hydrogen-bond acceptors (Lipinski definition) is 5. The van der Waals surface area contributed by atoms with Crippen LogP contribution in [0.1, 0.15) is 0 Å².